The van der Waals surface area contributed by atoms with E-state index in [1.165, 1.54) is 6.42 Å². The largest absolute Gasteiger partial charge is 0.480 e. The summed E-state index contributed by atoms with van der Waals surface area (Å²) in [5.74, 6) is 0.645. The summed E-state index contributed by atoms with van der Waals surface area (Å²) in [7, 11) is 0. The molecule has 0 spiro atoms. The lowest BCUT2D eigenvalue weighted by Crippen LogP contribution is -2.67. The van der Waals surface area contributed by atoms with Crippen LogP contribution in [-0.4, -0.2) is 34.6 Å². The van der Waals surface area contributed by atoms with E-state index in [0.29, 0.717) is 11.8 Å². The lowest BCUT2D eigenvalue weighted by atomic mass is 9.62. The number of nitrogens with zero attached hydrogens (tertiary/aromatic N) is 1. The van der Waals surface area contributed by atoms with Gasteiger partial charge in [-0.1, -0.05) is 13.8 Å². The minimum atomic E-state index is -0.603. The van der Waals surface area contributed by atoms with Gasteiger partial charge in [0.05, 0.1) is 0 Å². The first-order valence-electron chi connectivity index (χ1n) is 5.53. The average Bonchev–Trinajstić information content (AvgIpc) is 2.00. The monoisotopic (exact) mass is 197 g/mol. The van der Waals surface area contributed by atoms with Gasteiger partial charge in [-0.25, -0.2) is 0 Å². The van der Waals surface area contributed by atoms with Crippen LogP contribution in [0.25, 0.3) is 0 Å². The number of carboxylic acid groups (broad SMARTS) is 1. The highest BCUT2D eigenvalue weighted by Gasteiger charge is 2.57. The first-order chi connectivity index (χ1) is 6.54. The maximum Gasteiger partial charge on any atom is 0.324 e. The van der Waals surface area contributed by atoms with E-state index in [0.717, 1.165) is 25.9 Å². The molecule has 0 unspecified atom stereocenters. The molecule has 2 heterocycles. The molecule has 3 heteroatoms. The minimum absolute atomic E-state index is 0.479. The van der Waals surface area contributed by atoms with Gasteiger partial charge in [0.15, 0.2) is 0 Å². The smallest absolute Gasteiger partial charge is 0.324 e. The average molecular weight is 197 g/mol. The molecule has 1 N–H and O–H groups in total. The molecule has 2 aliphatic heterocycles. The Morgan fingerprint density at radius 1 is 1.57 bits per heavy atom. The van der Waals surface area contributed by atoms with Crippen molar-refractivity contribution >= 4 is 5.97 Å². The highest BCUT2D eigenvalue weighted by atomic mass is 16.4. The zero-order chi connectivity index (χ0) is 10.3. The molecule has 0 radical (unpaired) electrons. The predicted molar refractivity (Wildman–Crippen MR) is 54.1 cm³/mol. The van der Waals surface area contributed by atoms with E-state index < -0.39 is 11.5 Å². The third-order valence-electron chi connectivity index (χ3n) is 3.65. The zero-order valence-corrected chi connectivity index (χ0v) is 8.99. The van der Waals surface area contributed by atoms with E-state index >= 15 is 0 Å². The van der Waals surface area contributed by atoms with Crippen LogP contribution in [0.2, 0.25) is 0 Å². The van der Waals surface area contributed by atoms with E-state index in [2.05, 4.69) is 18.7 Å². The van der Waals surface area contributed by atoms with Crippen molar-refractivity contribution in [2.75, 3.05) is 13.1 Å². The third-order valence-corrected chi connectivity index (χ3v) is 3.65. The van der Waals surface area contributed by atoms with E-state index in [-0.39, 0.29) is 0 Å². The van der Waals surface area contributed by atoms with Crippen molar-refractivity contribution in [1.82, 2.24) is 4.90 Å². The minimum Gasteiger partial charge on any atom is -0.480 e. The summed E-state index contributed by atoms with van der Waals surface area (Å²) in [6.45, 7) is 6.22. The number of aliphatic carboxylic acids is 1. The topological polar surface area (TPSA) is 40.5 Å². The van der Waals surface area contributed by atoms with Gasteiger partial charge in [-0.2, -0.15) is 0 Å². The predicted octanol–water partition coefficient (Wildman–Crippen LogP) is 1.58. The van der Waals surface area contributed by atoms with Gasteiger partial charge in [0, 0.05) is 6.54 Å². The van der Waals surface area contributed by atoms with Crippen molar-refractivity contribution in [3.63, 3.8) is 0 Å². The second-order valence-corrected chi connectivity index (χ2v) is 5.24. The second kappa shape index (κ2) is 3.23. The summed E-state index contributed by atoms with van der Waals surface area (Å²) in [6.07, 6.45) is 2.96. The first kappa shape index (κ1) is 9.97. The number of carboxylic acids is 1. The SMILES string of the molecule is CC(C)CN1CCC2CC1(C(=O)O)C2. The molecule has 0 aromatic heterocycles. The van der Waals surface area contributed by atoms with E-state index in [1.54, 1.807) is 0 Å². The fourth-order valence-electron chi connectivity index (χ4n) is 2.93. The van der Waals surface area contributed by atoms with Crippen LogP contribution >= 0.6 is 0 Å². The van der Waals surface area contributed by atoms with Gasteiger partial charge in [-0.3, -0.25) is 9.69 Å². The van der Waals surface area contributed by atoms with Gasteiger partial charge in [0.2, 0.25) is 0 Å². The Labute approximate surface area is 85.1 Å². The number of rotatable bonds is 3. The highest BCUT2D eigenvalue weighted by molar-refractivity contribution is 5.80. The molecule has 0 atom stereocenters. The fourth-order valence-corrected chi connectivity index (χ4v) is 2.93. The van der Waals surface area contributed by atoms with Crippen molar-refractivity contribution < 1.29 is 9.90 Å². The third kappa shape index (κ3) is 1.34. The Morgan fingerprint density at radius 3 is 2.71 bits per heavy atom. The molecule has 3 fully saturated rings. The Morgan fingerprint density at radius 2 is 2.21 bits per heavy atom. The Kier molecular flexibility index (Phi) is 2.30. The molecule has 0 aromatic rings. The zero-order valence-electron chi connectivity index (χ0n) is 8.99. The van der Waals surface area contributed by atoms with Crippen LogP contribution in [0.3, 0.4) is 0 Å². The molecule has 2 bridgehead atoms. The molecule has 0 amide bonds. The first-order valence-corrected chi connectivity index (χ1v) is 5.53. The lowest BCUT2D eigenvalue weighted by Gasteiger charge is -2.56. The Balaban J connectivity index is 2.10. The summed E-state index contributed by atoms with van der Waals surface area (Å²) in [5.41, 5.74) is -0.479. The van der Waals surface area contributed by atoms with Crippen LogP contribution in [-0.2, 0) is 4.79 Å². The van der Waals surface area contributed by atoms with Gasteiger partial charge in [0.1, 0.15) is 5.54 Å². The van der Waals surface area contributed by atoms with Crippen molar-refractivity contribution in [1.29, 1.82) is 0 Å². The van der Waals surface area contributed by atoms with Crippen LogP contribution in [0.15, 0.2) is 0 Å². The van der Waals surface area contributed by atoms with Crippen molar-refractivity contribution in [2.24, 2.45) is 11.8 Å². The van der Waals surface area contributed by atoms with Gasteiger partial charge < -0.3 is 5.11 Å². The van der Waals surface area contributed by atoms with Crippen molar-refractivity contribution in [2.45, 2.75) is 38.6 Å². The van der Waals surface area contributed by atoms with Crippen LogP contribution in [0.4, 0.5) is 0 Å². The normalized spacial score (nSPS) is 36.9. The number of hydrogen-bond acceptors (Lipinski definition) is 2. The molecule has 14 heavy (non-hydrogen) atoms. The standard InChI is InChI=1S/C11H19NO2/c1-8(2)7-12-4-3-9-5-11(12,6-9)10(13)14/h8-9H,3-7H2,1-2H3,(H,13,14). The summed E-state index contributed by atoms with van der Waals surface area (Å²) in [4.78, 5) is 13.5. The van der Waals surface area contributed by atoms with Crippen LogP contribution in [0.1, 0.15) is 33.1 Å². The van der Waals surface area contributed by atoms with Crippen LogP contribution in [0.5, 0.6) is 0 Å². The molecular formula is C11H19NO2. The summed E-state index contributed by atoms with van der Waals surface area (Å²) in [6, 6.07) is 0. The molecule has 80 valence electrons. The van der Waals surface area contributed by atoms with Crippen molar-refractivity contribution in [3.05, 3.63) is 0 Å². The van der Waals surface area contributed by atoms with E-state index in [9.17, 15) is 9.90 Å². The Bertz CT molecular complexity index is 244. The molecule has 1 aliphatic carbocycles. The maximum absolute atomic E-state index is 11.3. The summed E-state index contributed by atoms with van der Waals surface area (Å²) in [5, 5.41) is 9.28. The Hall–Kier alpha value is -0.570. The number of fused-ring (bicyclic) bond motifs is 2. The molecule has 3 rings (SSSR count). The maximum atomic E-state index is 11.3. The number of carbonyl (C=O) groups is 1. The molecule has 1 saturated carbocycles. The number of piperidine rings is 2. The van der Waals surface area contributed by atoms with Gasteiger partial charge >= 0.3 is 5.97 Å². The number of hydrogen-bond donors (Lipinski definition) is 1. The van der Waals surface area contributed by atoms with Gasteiger partial charge in [-0.05, 0) is 37.6 Å². The van der Waals surface area contributed by atoms with Crippen LogP contribution in [0, 0.1) is 11.8 Å². The van der Waals surface area contributed by atoms with E-state index in [4.69, 9.17) is 0 Å². The molecule has 2 saturated heterocycles. The van der Waals surface area contributed by atoms with Crippen molar-refractivity contribution in [3.8, 4) is 0 Å². The summed E-state index contributed by atoms with van der Waals surface area (Å²) < 4.78 is 0. The fraction of sp³-hybridized carbons (Fsp3) is 0.909. The van der Waals surface area contributed by atoms with E-state index in [1.807, 2.05) is 0 Å². The highest BCUT2D eigenvalue weighted by Crippen LogP contribution is 2.49. The molecular weight excluding hydrogens is 178 g/mol. The molecule has 3 nitrogen and oxygen atoms in total. The summed E-state index contributed by atoms with van der Waals surface area (Å²) >= 11 is 0. The van der Waals surface area contributed by atoms with Crippen LogP contribution < -0.4 is 0 Å². The molecule has 3 aliphatic rings. The molecule has 0 aromatic carbocycles. The van der Waals surface area contributed by atoms with Gasteiger partial charge in [0.25, 0.3) is 0 Å². The van der Waals surface area contributed by atoms with Gasteiger partial charge in [-0.15, -0.1) is 0 Å². The quantitative estimate of drug-likeness (QED) is 0.746. The lowest BCUT2D eigenvalue weighted by molar-refractivity contribution is -0.171. The second-order valence-electron chi connectivity index (χ2n) is 5.24.